The summed E-state index contributed by atoms with van der Waals surface area (Å²) < 4.78 is 0. The van der Waals surface area contributed by atoms with Gasteiger partial charge < -0.3 is 0 Å². The predicted molar refractivity (Wildman–Crippen MR) is 53.8 cm³/mol. The van der Waals surface area contributed by atoms with Gasteiger partial charge in [0.1, 0.15) is 5.78 Å². The Bertz CT molecular complexity index is 329. The van der Waals surface area contributed by atoms with Gasteiger partial charge in [0.25, 0.3) is 0 Å². The van der Waals surface area contributed by atoms with Gasteiger partial charge in [0, 0.05) is 18.3 Å². The molecule has 0 unspecified atom stereocenters. The molecule has 2 nitrogen and oxygen atoms in total. The van der Waals surface area contributed by atoms with Crippen LogP contribution in [0, 0.1) is 10.8 Å². The molecule has 2 aliphatic rings. The number of allylic oxidation sites excluding steroid dienone is 2. The van der Waals surface area contributed by atoms with Crippen molar-refractivity contribution in [3.63, 3.8) is 0 Å². The number of hydrogen-bond acceptors (Lipinski definition) is 2. The largest absolute Gasteiger partial charge is 0.300 e. The van der Waals surface area contributed by atoms with Crippen LogP contribution in [-0.2, 0) is 9.59 Å². The second-order valence-corrected chi connectivity index (χ2v) is 5.08. The Morgan fingerprint density at radius 3 is 2.71 bits per heavy atom. The summed E-state index contributed by atoms with van der Waals surface area (Å²) in [6.45, 7) is 4.09. The third kappa shape index (κ3) is 1.09. The highest BCUT2D eigenvalue weighted by molar-refractivity contribution is 5.98. The van der Waals surface area contributed by atoms with Crippen molar-refractivity contribution in [2.75, 3.05) is 0 Å². The van der Waals surface area contributed by atoms with Crippen LogP contribution < -0.4 is 0 Å². The highest BCUT2D eigenvalue weighted by Gasteiger charge is 2.52. The minimum atomic E-state index is -0.296. The third-order valence-electron chi connectivity index (χ3n) is 4.20. The lowest BCUT2D eigenvalue weighted by molar-refractivity contribution is -0.141. The topological polar surface area (TPSA) is 34.1 Å². The minimum absolute atomic E-state index is 0.131. The fourth-order valence-corrected chi connectivity index (χ4v) is 2.74. The van der Waals surface area contributed by atoms with Gasteiger partial charge in [-0.25, -0.2) is 0 Å². The van der Waals surface area contributed by atoms with E-state index in [1.807, 2.05) is 13.0 Å². The Balaban J connectivity index is 2.43. The van der Waals surface area contributed by atoms with Crippen LogP contribution in [0.25, 0.3) is 0 Å². The van der Waals surface area contributed by atoms with Crippen LogP contribution in [0.5, 0.6) is 0 Å². The smallest absolute Gasteiger partial charge is 0.161 e. The Hall–Kier alpha value is -0.920. The zero-order chi connectivity index (χ0) is 10.4. The van der Waals surface area contributed by atoms with Gasteiger partial charge in [-0.1, -0.05) is 19.9 Å². The summed E-state index contributed by atoms with van der Waals surface area (Å²) in [5.41, 5.74) is -0.427. The molecule has 0 amide bonds. The average molecular weight is 192 g/mol. The van der Waals surface area contributed by atoms with Crippen LogP contribution in [0.15, 0.2) is 12.2 Å². The number of carbonyl (C=O) groups is 2. The molecule has 2 rings (SSSR count). The fourth-order valence-electron chi connectivity index (χ4n) is 2.74. The maximum Gasteiger partial charge on any atom is 0.161 e. The molecule has 2 atom stereocenters. The summed E-state index contributed by atoms with van der Waals surface area (Å²) in [4.78, 5) is 23.3. The Morgan fingerprint density at radius 1 is 1.29 bits per heavy atom. The zero-order valence-electron chi connectivity index (χ0n) is 8.80. The maximum absolute atomic E-state index is 11.9. The summed E-state index contributed by atoms with van der Waals surface area (Å²) in [6, 6.07) is 0. The van der Waals surface area contributed by atoms with Crippen LogP contribution in [0.3, 0.4) is 0 Å². The highest BCUT2D eigenvalue weighted by atomic mass is 16.1. The molecule has 0 heterocycles. The Kier molecular flexibility index (Phi) is 1.91. The van der Waals surface area contributed by atoms with Crippen molar-refractivity contribution in [1.82, 2.24) is 0 Å². The summed E-state index contributed by atoms with van der Waals surface area (Å²) in [5.74, 6) is 0.520. The van der Waals surface area contributed by atoms with E-state index in [4.69, 9.17) is 0 Å². The molecule has 0 spiro atoms. The monoisotopic (exact) mass is 192 g/mol. The van der Waals surface area contributed by atoms with E-state index in [1.165, 1.54) is 0 Å². The van der Waals surface area contributed by atoms with Crippen LogP contribution in [0.2, 0.25) is 0 Å². The number of carbonyl (C=O) groups excluding carboxylic acids is 2. The molecular weight excluding hydrogens is 176 g/mol. The van der Waals surface area contributed by atoms with E-state index in [2.05, 4.69) is 6.92 Å². The first kappa shape index (κ1) is 9.63. The molecular formula is C12H16O2. The molecule has 76 valence electrons. The van der Waals surface area contributed by atoms with Crippen molar-refractivity contribution < 1.29 is 9.59 Å². The van der Waals surface area contributed by atoms with E-state index in [1.54, 1.807) is 6.08 Å². The maximum atomic E-state index is 11.9. The zero-order valence-corrected chi connectivity index (χ0v) is 8.80. The molecule has 0 radical (unpaired) electrons. The summed E-state index contributed by atoms with van der Waals surface area (Å²) in [7, 11) is 0. The Labute approximate surface area is 84.4 Å². The van der Waals surface area contributed by atoms with E-state index in [0.717, 1.165) is 12.8 Å². The molecule has 0 aromatic rings. The number of fused-ring (bicyclic) bond motifs is 1. The molecule has 0 N–H and O–H groups in total. The SMILES string of the molecule is C[C@]12CC=CC(=O)[C@@]1(C)CCC(=O)C2. The van der Waals surface area contributed by atoms with Gasteiger partial charge in [0.05, 0.1) is 0 Å². The predicted octanol–water partition coefficient (Wildman–Crippen LogP) is 2.28. The second kappa shape index (κ2) is 2.78. The van der Waals surface area contributed by atoms with Gasteiger partial charge in [-0.2, -0.15) is 0 Å². The Morgan fingerprint density at radius 2 is 2.00 bits per heavy atom. The van der Waals surface area contributed by atoms with E-state index >= 15 is 0 Å². The molecule has 2 aliphatic carbocycles. The number of rotatable bonds is 0. The van der Waals surface area contributed by atoms with Crippen LogP contribution >= 0.6 is 0 Å². The molecule has 0 aromatic heterocycles. The first-order valence-corrected chi connectivity index (χ1v) is 5.21. The standard InChI is InChI=1S/C12H16O2/c1-11-6-3-4-10(14)12(11,2)7-5-9(13)8-11/h3-4H,5-8H2,1-2H3/t11-,12-/m1/s1. The van der Waals surface area contributed by atoms with Crippen molar-refractivity contribution in [3.05, 3.63) is 12.2 Å². The summed E-state index contributed by atoms with van der Waals surface area (Å²) in [5, 5.41) is 0. The lowest BCUT2D eigenvalue weighted by atomic mass is 9.52. The van der Waals surface area contributed by atoms with E-state index in [-0.39, 0.29) is 16.6 Å². The van der Waals surface area contributed by atoms with E-state index < -0.39 is 0 Å². The molecule has 1 fully saturated rings. The van der Waals surface area contributed by atoms with Crippen LogP contribution in [0.1, 0.15) is 39.5 Å². The van der Waals surface area contributed by atoms with Crippen molar-refractivity contribution in [1.29, 1.82) is 0 Å². The molecule has 2 heteroatoms. The molecule has 0 saturated heterocycles. The van der Waals surface area contributed by atoms with Gasteiger partial charge in [0.2, 0.25) is 0 Å². The molecule has 0 aliphatic heterocycles. The first-order valence-electron chi connectivity index (χ1n) is 5.21. The highest BCUT2D eigenvalue weighted by Crippen LogP contribution is 2.54. The van der Waals surface area contributed by atoms with Gasteiger partial charge in [-0.05, 0) is 24.3 Å². The lowest BCUT2D eigenvalue weighted by Gasteiger charge is -2.49. The third-order valence-corrected chi connectivity index (χ3v) is 4.20. The molecule has 1 saturated carbocycles. The van der Waals surface area contributed by atoms with Gasteiger partial charge >= 0.3 is 0 Å². The summed E-state index contributed by atoms with van der Waals surface area (Å²) in [6.07, 6.45) is 6.35. The van der Waals surface area contributed by atoms with Crippen molar-refractivity contribution in [2.45, 2.75) is 39.5 Å². The number of Topliss-reactive ketones (excluding diaryl/α,β-unsaturated/α-hetero) is 1. The van der Waals surface area contributed by atoms with Crippen molar-refractivity contribution in [3.8, 4) is 0 Å². The van der Waals surface area contributed by atoms with Crippen LogP contribution in [-0.4, -0.2) is 11.6 Å². The van der Waals surface area contributed by atoms with Gasteiger partial charge in [-0.15, -0.1) is 0 Å². The van der Waals surface area contributed by atoms with E-state index in [9.17, 15) is 9.59 Å². The van der Waals surface area contributed by atoms with Gasteiger partial charge in [0.15, 0.2) is 5.78 Å². The lowest BCUT2D eigenvalue weighted by Crippen LogP contribution is -2.49. The number of hydrogen-bond donors (Lipinski definition) is 0. The van der Waals surface area contributed by atoms with Gasteiger partial charge in [-0.3, -0.25) is 9.59 Å². The van der Waals surface area contributed by atoms with Crippen molar-refractivity contribution >= 4 is 11.6 Å². The molecule has 14 heavy (non-hydrogen) atoms. The molecule has 0 bridgehead atoms. The van der Waals surface area contributed by atoms with E-state index in [0.29, 0.717) is 18.6 Å². The van der Waals surface area contributed by atoms with Crippen molar-refractivity contribution in [2.24, 2.45) is 10.8 Å². The first-order chi connectivity index (χ1) is 6.48. The normalized spacial score (nSPS) is 42.4. The second-order valence-electron chi connectivity index (χ2n) is 5.08. The molecule has 0 aromatic carbocycles. The summed E-state index contributed by atoms with van der Waals surface area (Å²) >= 11 is 0. The minimum Gasteiger partial charge on any atom is -0.300 e. The van der Waals surface area contributed by atoms with Crippen LogP contribution in [0.4, 0.5) is 0 Å². The average Bonchev–Trinajstić information content (AvgIpc) is 2.10. The number of ketones is 2. The quantitative estimate of drug-likeness (QED) is 0.590. The fraction of sp³-hybridized carbons (Fsp3) is 0.667.